The fourth-order valence-corrected chi connectivity index (χ4v) is 3.25. The zero-order valence-corrected chi connectivity index (χ0v) is 17.0. The number of unbranched alkanes of at least 4 members (excludes halogenated alkanes) is 1. The number of hydrogen-bond acceptors (Lipinski definition) is 6. The molecule has 2 aromatic carbocycles. The number of nitriles is 1. The fraction of sp³-hybridized carbons (Fsp3) is 0.300. The molecule has 0 bridgehead atoms. The maximum atomic E-state index is 11.9. The van der Waals surface area contributed by atoms with Crippen LogP contribution >= 0.6 is 0 Å². The number of rotatable bonds is 8. The van der Waals surface area contributed by atoms with Crippen molar-refractivity contribution in [2.24, 2.45) is 5.73 Å². The average Bonchev–Trinajstić information content (AvgIpc) is 2.69. The number of benzene rings is 2. The number of hydrogen-bond donors (Lipinski definition) is 4. The molecule has 0 aromatic heterocycles. The lowest BCUT2D eigenvalue weighted by Crippen LogP contribution is -2.30. The van der Waals surface area contributed by atoms with E-state index >= 15 is 0 Å². The van der Waals surface area contributed by atoms with Crippen LogP contribution < -0.4 is 16.2 Å². The van der Waals surface area contributed by atoms with Gasteiger partial charge >= 0.3 is 5.97 Å². The number of sulfonamides is 1. The molecule has 6 N–H and O–H groups in total. The minimum absolute atomic E-state index is 0.227. The fourth-order valence-electron chi connectivity index (χ4n) is 2.18. The van der Waals surface area contributed by atoms with E-state index in [9.17, 15) is 13.2 Å². The lowest BCUT2D eigenvalue weighted by Gasteiger charge is -2.08. The Hall–Kier alpha value is -2.93. The molecule has 9 heteroatoms. The average molecular weight is 419 g/mol. The van der Waals surface area contributed by atoms with Crippen molar-refractivity contribution in [1.82, 2.24) is 4.72 Å². The molecule has 0 fully saturated rings. The van der Waals surface area contributed by atoms with E-state index in [1.807, 2.05) is 13.0 Å². The summed E-state index contributed by atoms with van der Waals surface area (Å²) >= 11 is 0. The summed E-state index contributed by atoms with van der Waals surface area (Å²) in [4.78, 5) is 10.7. The Bertz CT molecular complexity index is 920. The third kappa shape index (κ3) is 9.21. The van der Waals surface area contributed by atoms with E-state index in [0.717, 1.165) is 5.56 Å². The van der Waals surface area contributed by atoms with Gasteiger partial charge in [0.15, 0.2) is 0 Å². The lowest BCUT2D eigenvalue weighted by atomic mass is 10.1. The smallest absolute Gasteiger partial charge is 0.320 e. The predicted molar refractivity (Wildman–Crippen MR) is 111 cm³/mol. The molecule has 0 aliphatic carbocycles. The monoisotopic (exact) mass is 418 g/mol. The van der Waals surface area contributed by atoms with Gasteiger partial charge < -0.3 is 16.6 Å². The lowest BCUT2D eigenvalue weighted by molar-refractivity contribution is -0.138. The SMILES string of the molecule is Cc1ccc(S(=O)(=O)NCCCC[C@H](N)C(=O)O)cc1.N#Cc1ccc(N)cc1. The highest BCUT2D eigenvalue weighted by atomic mass is 32.2. The number of nitrogens with one attached hydrogen (secondary N) is 1. The van der Waals surface area contributed by atoms with Gasteiger partial charge in [-0.25, -0.2) is 13.1 Å². The number of aryl methyl sites for hydroxylation is 1. The predicted octanol–water partition coefficient (Wildman–Crippen LogP) is 2.00. The second kappa shape index (κ2) is 11.8. The Balaban J connectivity index is 0.000000387. The van der Waals surface area contributed by atoms with Crippen LogP contribution in [-0.2, 0) is 14.8 Å². The molecule has 0 radical (unpaired) electrons. The normalized spacial score (nSPS) is 11.6. The van der Waals surface area contributed by atoms with Crippen LogP contribution in [0.4, 0.5) is 5.69 Å². The van der Waals surface area contributed by atoms with Crippen LogP contribution in [0.15, 0.2) is 53.4 Å². The summed E-state index contributed by atoms with van der Waals surface area (Å²) in [6.45, 7) is 2.15. The van der Waals surface area contributed by atoms with Gasteiger partial charge in [0.1, 0.15) is 6.04 Å². The van der Waals surface area contributed by atoms with Gasteiger partial charge in [0.25, 0.3) is 0 Å². The van der Waals surface area contributed by atoms with Crippen molar-refractivity contribution in [3.8, 4) is 6.07 Å². The summed E-state index contributed by atoms with van der Waals surface area (Å²) in [7, 11) is -3.49. The van der Waals surface area contributed by atoms with E-state index in [1.165, 1.54) is 0 Å². The molecule has 0 unspecified atom stereocenters. The number of aliphatic carboxylic acids is 1. The van der Waals surface area contributed by atoms with E-state index < -0.39 is 22.0 Å². The summed E-state index contributed by atoms with van der Waals surface area (Å²) in [5, 5.41) is 16.9. The molecule has 8 nitrogen and oxygen atoms in total. The molecule has 2 aromatic rings. The molecular formula is C20H26N4O4S. The number of carboxylic acid groups (broad SMARTS) is 1. The van der Waals surface area contributed by atoms with Gasteiger partial charge in [0.05, 0.1) is 16.5 Å². The first-order valence-corrected chi connectivity index (χ1v) is 10.4. The van der Waals surface area contributed by atoms with E-state index in [1.54, 1.807) is 48.5 Å². The van der Waals surface area contributed by atoms with E-state index in [0.29, 0.717) is 30.5 Å². The zero-order valence-electron chi connectivity index (χ0n) is 16.2. The third-order valence-electron chi connectivity index (χ3n) is 3.92. The van der Waals surface area contributed by atoms with Gasteiger partial charge in [-0.15, -0.1) is 0 Å². The van der Waals surface area contributed by atoms with Crippen LogP contribution in [0.2, 0.25) is 0 Å². The highest BCUT2D eigenvalue weighted by molar-refractivity contribution is 7.89. The van der Waals surface area contributed by atoms with Gasteiger partial charge in [-0.05, 0) is 56.2 Å². The van der Waals surface area contributed by atoms with Gasteiger partial charge in [-0.1, -0.05) is 24.1 Å². The Labute approximate surface area is 171 Å². The molecule has 1 atom stereocenters. The number of nitrogens with two attached hydrogens (primary N) is 2. The molecule has 0 saturated carbocycles. The summed E-state index contributed by atoms with van der Waals surface area (Å²) in [6.07, 6.45) is 1.44. The molecule has 2 rings (SSSR count). The molecule has 29 heavy (non-hydrogen) atoms. The first-order valence-electron chi connectivity index (χ1n) is 8.96. The maximum Gasteiger partial charge on any atom is 0.320 e. The van der Waals surface area contributed by atoms with Crippen molar-refractivity contribution in [2.45, 2.75) is 37.1 Å². The van der Waals surface area contributed by atoms with Gasteiger partial charge in [-0.2, -0.15) is 5.26 Å². The van der Waals surface area contributed by atoms with Crippen molar-refractivity contribution in [3.63, 3.8) is 0 Å². The van der Waals surface area contributed by atoms with Crippen LogP contribution in [0.1, 0.15) is 30.4 Å². The Morgan fingerprint density at radius 3 is 2.24 bits per heavy atom. The number of nitrogen functional groups attached to an aromatic ring is 1. The summed E-state index contributed by atoms with van der Waals surface area (Å²) in [6, 6.07) is 14.5. The molecule has 0 aliphatic heterocycles. The van der Waals surface area contributed by atoms with E-state index in [4.69, 9.17) is 21.8 Å². The minimum atomic E-state index is -3.49. The molecule has 0 heterocycles. The summed E-state index contributed by atoms with van der Waals surface area (Å²) in [5.74, 6) is -1.04. The van der Waals surface area contributed by atoms with E-state index in [-0.39, 0.29) is 11.4 Å². The Morgan fingerprint density at radius 1 is 1.14 bits per heavy atom. The third-order valence-corrected chi connectivity index (χ3v) is 5.40. The van der Waals surface area contributed by atoms with Gasteiger partial charge in [0.2, 0.25) is 10.0 Å². The highest BCUT2D eigenvalue weighted by Gasteiger charge is 2.13. The first-order chi connectivity index (χ1) is 13.7. The quantitative estimate of drug-likeness (QED) is 0.377. The van der Waals surface area contributed by atoms with Crippen LogP contribution in [0.5, 0.6) is 0 Å². The standard InChI is InChI=1S/C13H20N2O4S.C7H6N2/c1-10-5-7-11(8-6-10)20(18,19)15-9-3-2-4-12(14)13(16)17;8-5-6-1-3-7(9)4-2-6/h5-8,12,15H,2-4,9,14H2,1H3,(H,16,17);1-4H,9H2/t12-;/m0./s1. The molecule has 0 aliphatic rings. The molecule has 156 valence electrons. The second-order valence-corrected chi connectivity index (χ2v) is 8.15. The van der Waals surface area contributed by atoms with Crippen LogP contribution in [0, 0.1) is 18.3 Å². The van der Waals surface area contributed by atoms with Crippen molar-refractivity contribution in [1.29, 1.82) is 5.26 Å². The van der Waals surface area contributed by atoms with Crippen LogP contribution in [0.3, 0.4) is 0 Å². The molecule has 0 saturated heterocycles. The molecule has 0 amide bonds. The van der Waals surface area contributed by atoms with Crippen molar-refractivity contribution >= 4 is 21.7 Å². The number of nitrogens with zero attached hydrogens (tertiary/aromatic N) is 1. The molecular weight excluding hydrogens is 392 g/mol. The first kappa shape index (κ1) is 24.1. The number of carboxylic acids is 1. The second-order valence-electron chi connectivity index (χ2n) is 6.39. The molecule has 0 spiro atoms. The summed E-state index contributed by atoms with van der Waals surface area (Å²) < 4.78 is 26.3. The van der Waals surface area contributed by atoms with Gasteiger partial charge in [0, 0.05) is 12.2 Å². The van der Waals surface area contributed by atoms with Crippen molar-refractivity contribution in [2.75, 3.05) is 12.3 Å². The van der Waals surface area contributed by atoms with Crippen molar-refractivity contribution < 1.29 is 18.3 Å². The van der Waals surface area contributed by atoms with Gasteiger partial charge in [-0.3, -0.25) is 4.79 Å². The minimum Gasteiger partial charge on any atom is -0.480 e. The van der Waals surface area contributed by atoms with Crippen molar-refractivity contribution in [3.05, 3.63) is 59.7 Å². The highest BCUT2D eigenvalue weighted by Crippen LogP contribution is 2.10. The largest absolute Gasteiger partial charge is 0.480 e. The topological polar surface area (TPSA) is 159 Å². The maximum absolute atomic E-state index is 11.9. The zero-order chi connectivity index (χ0) is 21.9. The van der Waals surface area contributed by atoms with E-state index in [2.05, 4.69) is 4.72 Å². The van der Waals surface area contributed by atoms with Crippen LogP contribution in [0.25, 0.3) is 0 Å². The van der Waals surface area contributed by atoms with Crippen LogP contribution in [-0.4, -0.2) is 32.1 Å². The Kier molecular flexibility index (Phi) is 9.82. The number of carbonyl (C=O) groups is 1. The Morgan fingerprint density at radius 2 is 1.72 bits per heavy atom. The summed E-state index contributed by atoms with van der Waals surface area (Å²) in [5.41, 5.74) is 13.0. The number of anilines is 1.